The van der Waals surface area contributed by atoms with Crippen molar-refractivity contribution in [1.29, 1.82) is 0 Å². The van der Waals surface area contributed by atoms with Crippen molar-refractivity contribution in [3.63, 3.8) is 0 Å². The molecule has 0 bridgehead atoms. The molecule has 0 aliphatic rings. The molecule has 7 nitrogen and oxygen atoms in total. The second-order valence-corrected chi connectivity index (χ2v) is 6.69. The summed E-state index contributed by atoms with van der Waals surface area (Å²) >= 11 is 1.34. The van der Waals surface area contributed by atoms with Crippen molar-refractivity contribution in [1.82, 2.24) is 0 Å². The van der Waals surface area contributed by atoms with Gasteiger partial charge in [0.25, 0.3) is 5.91 Å². The van der Waals surface area contributed by atoms with Crippen molar-refractivity contribution in [3.8, 4) is 0 Å². The third-order valence-corrected chi connectivity index (χ3v) is 4.74. The van der Waals surface area contributed by atoms with Crippen LogP contribution in [0.2, 0.25) is 0 Å². The van der Waals surface area contributed by atoms with Gasteiger partial charge in [0, 0.05) is 21.6 Å². The molecule has 0 aliphatic heterocycles. The van der Waals surface area contributed by atoms with Crippen molar-refractivity contribution >= 4 is 50.7 Å². The lowest BCUT2D eigenvalue weighted by Gasteiger charge is -2.07. The van der Waals surface area contributed by atoms with E-state index in [0.717, 1.165) is 10.1 Å². The van der Waals surface area contributed by atoms with Crippen LogP contribution in [0.25, 0.3) is 10.1 Å². The van der Waals surface area contributed by atoms with Gasteiger partial charge in [-0.3, -0.25) is 4.79 Å². The van der Waals surface area contributed by atoms with E-state index in [9.17, 15) is 14.4 Å². The summed E-state index contributed by atoms with van der Waals surface area (Å²) in [5.74, 6) is -0.689. The van der Waals surface area contributed by atoms with Crippen molar-refractivity contribution < 1.29 is 19.1 Å². The van der Waals surface area contributed by atoms with E-state index < -0.39 is 6.03 Å². The smallest absolute Gasteiger partial charge is 0.348 e. The lowest BCUT2D eigenvalue weighted by atomic mass is 10.1. The Morgan fingerprint density at radius 2 is 1.81 bits per heavy atom. The molecule has 0 saturated carbocycles. The average Bonchev–Trinajstić information content (AvgIpc) is 3.05. The number of nitrogens with one attached hydrogen (secondary N) is 2. The Bertz CT molecular complexity index is 1030. The predicted molar refractivity (Wildman–Crippen MR) is 105 cm³/mol. The lowest BCUT2D eigenvalue weighted by Crippen LogP contribution is -2.19. The van der Waals surface area contributed by atoms with Crippen LogP contribution in [-0.2, 0) is 4.74 Å². The van der Waals surface area contributed by atoms with Crippen LogP contribution >= 0.6 is 11.3 Å². The Morgan fingerprint density at radius 1 is 1.04 bits per heavy atom. The summed E-state index contributed by atoms with van der Waals surface area (Å²) in [5.41, 5.74) is 6.49. The number of amides is 3. The summed E-state index contributed by atoms with van der Waals surface area (Å²) in [5, 5.41) is 6.07. The number of esters is 1. The predicted octanol–water partition coefficient (Wildman–Crippen LogP) is 3.82. The van der Waals surface area contributed by atoms with E-state index in [0.29, 0.717) is 28.4 Å². The topological polar surface area (TPSA) is 111 Å². The fourth-order valence-corrected chi connectivity index (χ4v) is 3.44. The molecule has 3 amide bonds. The molecule has 3 rings (SSSR count). The SMILES string of the molecule is CCOC(=O)c1cc2cc(NC(=O)c3cccc(NC(N)=O)c3)ccc2s1. The van der Waals surface area contributed by atoms with Gasteiger partial charge in [-0.1, -0.05) is 6.07 Å². The van der Waals surface area contributed by atoms with Crippen LogP contribution in [0.1, 0.15) is 27.0 Å². The maximum absolute atomic E-state index is 12.5. The highest BCUT2D eigenvalue weighted by Gasteiger charge is 2.13. The summed E-state index contributed by atoms with van der Waals surface area (Å²) in [6.07, 6.45) is 0. The summed E-state index contributed by atoms with van der Waals surface area (Å²) in [7, 11) is 0. The molecule has 0 unspecified atom stereocenters. The number of ether oxygens (including phenoxy) is 1. The van der Waals surface area contributed by atoms with Crippen LogP contribution in [0.15, 0.2) is 48.5 Å². The molecule has 138 valence electrons. The van der Waals surface area contributed by atoms with E-state index in [2.05, 4.69) is 10.6 Å². The summed E-state index contributed by atoms with van der Waals surface area (Å²) in [4.78, 5) is 35.8. The number of hydrogen-bond acceptors (Lipinski definition) is 5. The van der Waals surface area contributed by atoms with Gasteiger partial charge in [0.05, 0.1) is 6.61 Å². The van der Waals surface area contributed by atoms with Gasteiger partial charge in [0.15, 0.2) is 0 Å². The van der Waals surface area contributed by atoms with Gasteiger partial charge in [0.2, 0.25) is 0 Å². The second-order valence-electron chi connectivity index (χ2n) is 5.61. The van der Waals surface area contributed by atoms with E-state index in [-0.39, 0.29) is 11.9 Å². The van der Waals surface area contributed by atoms with Crippen LogP contribution in [0.3, 0.4) is 0 Å². The van der Waals surface area contributed by atoms with Gasteiger partial charge < -0.3 is 21.1 Å². The van der Waals surface area contributed by atoms with Gasteiger partial charge in [-0.25, -0.2) is 9.59 Å². The number of benzene rings is 2. The van der Waals surface area contributed by atoms with Crippen LogP contribution in [0.5, 0.6) is 0 Å². The highest BCUT2D eigenvalue weighted by molar-refractivity contribution is 7.20. The molecule has 0 saturated heterocycles. The number of nitrogens with two attached hydrogens (primary N) is 1. The lowest BCUT2D eigenvalue weighted by molar-refractivity contribution is 0.0532. The quantitative estimate of drug-likeness (QED) is 0.582. The molecule has 4 N–H and O–H groups in total. The number of thiophene rings is 1. The monoisotopic (exact) mass is 383 g/mol. The molecule has 0 atom stereocenters. The number of anilines is 2. The Hall–Kier alpha value is -3.39. The molecule has 8 heteroatoms. The summed E-state index contributed by atoms with van der Waals surface area (Å²) < 4.78 is 5.93. The number of rotatable bonds is 5. The van der Waals surface area contributed by atoms with E-state index >= 15 is 0 Å². The minimum Gasteiger partial charge on any atom is -0.462 e. The molecule has 2 aromatic carbocycles. The van der Waals surface area contributed by atoms with E-state index in [1.54, 1.807) is 43.3 Å². The van der Waals surface area contributed by atoms with Gasteiger partial charge in [0.1, 0.15) is 4.88 Å². The fourth-order valence-electron chi connectivity index (χ4n) is 2.51. The normalized spacial score (nSPS) is 10.4. The largest absolute Gasteiger partial charge is 0.462 e. The Labute approximate surface area is 159 Å². The number of carbonyl (C=O) groups excluding carboxylic acids is 3. The number of primary amides is 1. The Morgan fingerprint density at radius 3 is 2.56 bits per heavy atom. The zero-order valence-electron chi connectivity index (χ0n) is 14.4. The van der Waals surface area contributed by atoms with Crippen LogP contribution in [0, 0.1) is 0 Å². The minimum absolute atomic E-state index is 0.318. The Balaban J connectivity index is 1.78. The minimum atomic E-state index is -0.701. The number of hydrogen-bond donors (Lipinski definition) is 3. The van der Waals surface area contributed by atoms with E-state index in [1.165, 1.54) is 17.4 Å². The van der Waals surface area contributed by atoms with Crippen molar-refractivity contribution in [2.24, 2.45) is 5.73 Å². The molecular formula is C19H17N3O4S. The number of urea groups is 1. The molecule has 1 heterocycles. The highest BCUT2D eigenvalue weighted by atomic mass is 32.1. The van der Waals surface area contributed by atoms with Gasteiger partial charge in [-0.2, -0.15) is 0 Å². The zero-order valence-corrected chi connectivity index (χ0v) is 15.3. The first kappa shape index (κ1) is 18.4. The Kier molecular flexibility index (Phi) is 5.37. The van der Waals surface area contributed by atoms with Crippen LogP contribution in [0.4, 0.5) is 16.2 Å². The molecule has 27 heavy (non-hydrogen) atoms. The summed E-state index contributed by atoms with van der Waals surface area (Å²) in [6.45, 7) is 2.07. The fraction of sp³-hybridized carbons (Fsp3) is 0.105. The summed E-state index contributed by atoms with van der Waals surface area (Å²) in [6, 6.07) is 12.9. The number of carbonyl (C=O) groups is 3. The van der Waals surface area contributed by atoms with Crippen molar-refractivity contribution in [2.75, 3.05) is 17.2 Å². The van der Waals surface area contributed by atoms with Crippen LogP contribution in [-0.4, -0.2) is 24.5 Å². The van der Waals surface area contributed by atoms with Gasteiger partial charge in [-0.15, -0.1) is 11.3 Å². The highest BCUT2D eigenvalue weighted by Crippen LogP contribution is 2.29. The van der Waals surface area contributed by atoms with Gasteiger partial charge >= 0.3 is 12.0 Å². The van der Waals surface area contributed by atoms with Crippen molar-refractivity contribution in [3.05, 3.63) is 59.0 Å². The maximum Gasteiger partial charge on any atom is 0.348 e. The first-order valence-electron chi connectivity index (χ1n) is 8.15. The number of fused-ring (bicyclic) bond motifs is 1. The first-order valence-corrected chi connectivity index (χ1v) is 8.96. The average molecular weight is 383 g/mol. The third kappa shape index (κ3) is 4.42. The molecule has 3 aromatic rings. The maximum atomic E-state index is 12.5. The molecule has 0 spiro atoms. The zero-order chi connectivity index (χ0) is 19.4. The molecular weight excluding hydrogens is 366 g/mol. The third-order valence-electron chi connectivity index (χ3n) is 3.64. The first-order chi connectivity index (χ1) is 13.0. The molecule has 0 aliphatic carbocycles. The van der Waals surface area contributed by atoms with E-state index in [1.807, 2.05) is 6.07 Å². The van der Waals surface area contributed by atoms with Crippen molar-refractivity contribution in [2.45, 2.75) is 6.92 Å². The van der Waals surface area contributed by atoms with Crippen LogP contribution < -0.4 is 16.4 Å². The molecule has 0 fully saturated rings. The molecule has 0 radical (unpaired) electrons. The second kappa shape index (κ2) is 7.88. The molecule has 1 aromatic heterocycles. The standard InChI is InChI=1S/C19H17N3O4S/c1-2-26-18(24)16-10-12-9-14(6-7-15(12)27-16)21-17(23)11-4-3-5-13(8-11)22-19(20)25/h3-10H,2H2,1H3,(H,21,23)(H3,20,22,25). The van der Waals surface area contributed by atoms with E-state index in [4.69, 9.17) is 10.5 Å². The van der Waals surface area contributed by atoms with Gasteiger partial charge in [-0.05, 0) is 54.8 Å².